The van der Waals surface area contributed by atoms with Gasteiger partial charge in [-0.15, -0.1) is 5.10 Å². The van der Waals surface area contributed by atoms with E-state index in [1.165, 1.54) is 4.68 Å². The quantitative estimate of drug-likeness (QED) is 0.607. The molecule has 0 aliphatic heterocycles. The number of aromatic nitrogens is 3. The van der Waals surface area contributed by atoms with Crippen LogP contribution in [0.2, 0.25) is 0 Å². The molecule has 0 bridgehead atoms. The number of rotatable bonds is 5. The van der Waals surface area contributed by atoms with Crippen molar-refractivity contribution in [2.45, 2.75) is 6.92 Å². The Hall–Kier alpha value is -3.68. The number of carbonyl (C=O) groups excluding carboxylic acids is 1. The maximum absolute atomic E-state index is 11.7. The molecule has 3 aromatic rings. The van der Waals surface area contributed by atoms with E-state index in [9.17, 15) is 4.79 Å². The van der Waals surface area contributed by atoms with Gasteiger partial charge in [0.1, 0.15) is 0 Å². The van der Waals surface area contributed by atoms with E-state index >= 15 is 0 Å². The van der Waals surface area contributed by atoms with Crippen molar-refractivity contribution in [2.24, 2.45) is 0 Å². The van der Waals surface area contributed by atoms with Gasteiger partial charge in [-0.1, -0.05) is 18.2 Å². The van der Waals surface area contributed by atoms with Gasteiger partial charge in [0, 0.05) is 5.69 Å². The second kappa shape index (κ2) is 7.47. The zero-order valence-electron chi connectivity index (χ0n) is 14.1. The zero-order chi connectivity index (χ0) is 18.5. The van der Waals surface area contributed by atoms with Crippen molar-refractivity contribution < 1.29 is 9.53 Å². The van der Waals surface area contributed by atoms with Crippen LogP contribution in [-0.4, -0.2) is 27.3 Å². The highest BCUT2D eigenvalue weighted by molar-refractivity contribution is 5.89. The number of esters is 1. The van der Waals surface area contributed by atoms with Crippen LogP contribution in [0.3, 0.4) is 0 Å². The molecular formula is C18H18N6O2. The largest absolute Gasteiger partial charge is 0.462 e. The number of nitrogen functional groups attached to an aromatic ring is 1. The number of benzene rings is 2. The van der Waals surface area contributed by atoms with Crippen molar-refractivity contribution in [1.29, 1.82) is 5.41 Å². The number of nitrogens with zero attached hydrogens (tertiary/aromatic N) is 3. The van der Waals surface area contributed by atoms with Gasteiger partial charge in [0.05, 0.1) is 17.9 Å². The van der Waals surface area contributed by atoms with Gasteiger partial charge in [-0.3, -0.25) is 5.41 Å². The molecule has 26 heavy (non-hydrogen) atoms. The van der Waals surface area contributed by atoms with Gasteiger partial charge in [0.15, 0.2) is 11.3 Å². The summed E-state index contributed by atoms with van der Waals surface area (Å²) in [6.07, 6.45) is 0. The van der Waals surface area contributed by atoms with Crippen LogP contribution < -0.4 is 16.5 Å². The molecule has 0 saturated carbocycles. The summed E-state index contributed by atoms with van der Waals surface area (Å²) < 4.78 is 6.36. The summed E-state index contributed by atoms with van der Waals surface area (Å²) in [7, 11) is 0. The Kier molecular flexibility index (Phi) is 4.93. The fourth-order valence-electron chi connectivity index (χ4n) is 2.28. The lowest BCUT2D eigenvalue weighted by molar-refractivity contribution is 0.0526. The third-order valence-corrected chi connectivity index (χ3v) is 3.53. The fraction of sp³-hybridized carbons (Fsp3) is 0.111. The van der Waals surface area contributed by atoms with E-state index in [4.69, 9.17) is 15.9 Å². The normalized spacial score (nSPS) is 10.3. The van der Waals surface area contributed by atoms with Crippen LogP contribution in [-0.2, 0) is 4.74 Å². The molecule has 8 heteroatoms. The third kappa shape index (κ3) is 3.69. The summed E-state index contributed by atoms with van der Waals surface area (Å²) in [5.41, 5.74) is 7.68. The third-order valence-electron chi connectivity index (χ3n) is 3.53. The van der Waals surface area contributed by atoms with Gasteiger partial charge in [-0.25, -0.2) is 9.48 Å². The van der Waals surface area contributed by atoms with Crippen LogP contribution >= 0.6 is 0 Å². The Labute approximate surface area is 149 Å². The van der Waals surface area contributed by atoms with E-state index in [-0.39, 0.29) is 23.2 Å². The van der Waals surface area contributed by atoms with Crippen molar-refractivity contribution in [3.8, 4) is 5.69 Å². The van der Waals surface area contributed by atoms with Gasteiger partial charge in [-0.05, 0) is 43.3 Å². The Morgan fingerprint density at radius 1 is 1.19 bits per heavy atom. The lowest BCUT2D eigenvalue weighted by Gasteiger charge is -2.11. The second-order valence-electron chi connectivity index (χ2n) is 5.34. The summed E-state index contributed by atoms with van der Waals surface area (Å²) in [6, 6.07) is 15.9. The number of para-hydroxylation sites is 1. The van der Waals surface area contributed by atoms with Crippen LogP contribution in [0.25, 0.3) is 5.69 Å². The number of hydrogen-bond acceptors (Lipinski definition) is 7. The van der Waals surface area contributed by atoms with Crippen molar-refractivity contribution in [3.05, 3.63) is 65.6 Å². The minimum Gasteiger partial charge on any atom is -0.462 e. The van der Waals surface area contributed by atoms with Crippen LogP contribution in [0.15, 0.2) is 54.6 Å². The molecule has 0 aliphatic carbocycles. The van der Waals surface area contributed by atoms with Crippen LogP contribution in [0.5, 0.6) is 0 Å². The SMILES string of the molecule is CCOC(=O)c1ccc(Nc2nc(N)c(=N)n(-c3ccccc3)n2)cc1. The van der Waals surface area contributed by atoms with E-state index in [0.29, 0.717) is 23.5 Å². The zero-order valence-corrected chi connectivity index (χ0v) is 14.1. The highest BCUT2D eigenvalue weighted by atomic mass is 16.5. The molecule has 4 N–H and O–H groups in total. The first-order valence-electron chi connectivity index (χ1n) is 7.99. The van der Waals surface area contributed by atoms with Crippen LogP contribution in [0.4, 0.5) is 17.5 Å². The molecule has 132 valence electrons. The highest BCUT2D eigenvalue weighted by Gasteiger charge is 2.09. The number of ether oxygens (including phenoxy) is 1. The molecule has 0 amide bonds. The Balaban J connectivity index is 1.88. The maximum atomic E-state index is 11.7. The number of nitrogens with one attached hydrogen (secondary N) is 2. The maximum Gasteiger partial charge on any atom is 0.338 e. The average molecular weight is 350 g/mol. The fourth-order valence-corrected chi connectivity index (χ4v) is 2.28. The summed E-state index contributed by atoms with van der Waals surface area (Å²) in [5.74, 6) is -0.0826. The van der Waals surface area contributed by atoms with Crippen LogP contribution in [0.1, 0.15) is 17.3 Å². The molecule has 0 spiro atoms. The lowest BCUT2D eigenvalue weighted by atomic mass is 10.2. The first-order chi connectivity index (χ1) is 12.6. The number of carbonyl (C=O) groups is 1. The molecule has 3 rings (SSSR count). The smallest absolute Gasteiger partial charge is 0.338 e. The molecule has 1 aromatic heterocycles. The van der Waals surface area contributed by atoms with E-state index < -0.39 is 0 Å². The van der Waals surface area contributed by atoms with Gasteiger partial charge < -0.3 is 15.8 Å². The van der Waals surface area contributed by atoms with Gasteiger partial charge in [-0.2, -0.15) is 4.98 Å². The van der Waals surface area contributed by atoms with Crippen molar-refractivity contribution in [2.75, 3.05) is 17.7 Å². The molecule has 8 nitrogen and oxygen atoms in total. The Morgan fingerprint density at radius 2 is 1.88 bits per heavy atom. The monoisotopic (exact) mass is 350 g/mol. The van der Waals surface area contributed by atoms with E-state index in [1.807, 2.05) is 30.3 Å². The second-order valence-corrected chi connectivity index (χ2v) is 5.34. The molecule has 0 fully saturated rings. The Morgan fingerprint density at radius 3 is 2.54 bits per heavy atom. The number of hydrogen-bond donors (Lipinski definition) is 3. The van der Waals surface area contributed by atoms with Crippen molar-refractivity contribution in [1.82, 2.24) is 14.8 Å². The number of anilines is 3. The molecule has 2 aromatic carbocycles. The summed E-state index contributed by atoms with van der Waals surface area (Å²) in [6.45, 7) is 2.08. The van der Waals surface area contributed by atoms with E-state index in [2.05, 4.69) is 15.4 Å². The minimum atomic E-state index is -0.375. The minimum absolute atomic E-state index is 0.000547. The molecule has 1 heterocycles. The predicted octanol–water partition coefficient (Wildman–Crippen LogP) is 2.25. The average Bonchev–Trinajstić information content (AvgIpc) is 2.66. The summed E-state index contributed by atoms with van der Waals surface area (Å²) >= 11 is 0. The van der Waals surface area contributed by atoms with Gasteiger partial charge in [0.25, 0.3) is 0 Å². The van der Waals surface area contributed by atoms with Crippen molar-refractivity contribution >= 4 is 23.4 Å². The molecule has 0 saturated heterocycles. The predicted molar refractivity (Wildman–Crippen MR) is 97.3 cm³/mol. The van der Waals surface area contributed by atoms with E-state index in [1.54, 1.807) is 31.2 Å². The first-order valence-corrected chi connectivity index (χ1v) is 7.99. The topological polar surface area (TPSA) is 119 Å². The Bertz CT molecular complexity index is 967. The molecule has 0 atom stereocenters. The molecular weight excluding hydrogens is 332 g/mol. The number of nitrogens with two attached hydrogens (primary N) is 1. The van der Waals surface area contributed by atoms with Crippen LogP contribution in [0, 0.1) is 5.41 Å². The summed E-state index contributed by atoms with van der Waals surface area (Å²) in [4.78, 5) is 15.8. The summed E-state index contributed by atoms with van der Waals surface area (Å²) in [5, 5.41) is 15.4. The molecule has 0 unspecified atom stereocenters. The standard InChI is InChI=1S/C18H18N6O2/c1-2-26-17(25)12-8-10-13(11-9-12)21-18-22-15(19)16(20)24(23-18)14-6-4-3-5-7-14/h3-11,20H,2H2,1H3,(H3,19,21,22,23). The molecule has 0 aliphatic rings. The van der Waals surface area contributed by atoms with Gasteiger partial charge in [0.2, 0.25) is 5.95 Å². The van der Waals surface area contributed by atoms with Gasteiger partial charge >= 0.3 is 5.97 Å². The first kappa shape index (κ1) is 17.2. The lowest BCUT2D eigenvalue weighted by Crippen LogP contribution is -2.26. The van der Waals surface area contributed by atoms with E-state index in [0.717, 1.165) is 0 Å². The molecule has 0 radical (unpaired) electrons. The van der Waals surface area contributed by atoms with Crippen molar-refractivity contribution in [3.63, 3.8) is 0 Å². The highest BCUT2D eigenvalue weighted by Crippen LogP contribution is 2.15.